The van der Waals surface area contributed by atoms with Gasteiger partial charge < -0.3 is 10.2 Å². The zero-order valence-electron chi connectivity index (χ0n) is 7.35. The lowest BCUT2D eigenvalue weighted by Gasteiger charge is -1.97. The number of hydrogen-bond acceptors (Lipinski definition) is 4. The van der Waals surface area contributed by atoms with Crippen molar-refractivity contribution in [1.82, 2.24) is 0 Å². The zero-order chi connectivity index (χ0) is 10.9. The summed E-state index contributed by atoms with van der Waals surface area (Å²) in [4.78, 5) is 0. The summed E-state index contributed by atoms with van der Waals surface area (Å²) < 4.78 is 37.8. The fourth-order valence-corrected chi connectivity index (χ4v) is 0.422. The Hall–Kier alpha value is -0.240. The molecular weight excluding hydrogens is 203 g/mol. The average molecular weight is 218 g/mol. The van der Waals surface area contributed by atoms with Crippen LogP contribution >= 0.6 is 0 Å². The van der Waals surface area contributed by atoms with Crippen LogP contribution in [0.2, 0.25) is 0 Å². The number of hydrogen-bond donors (Lipinski definition) is 3. The molecule has 0 aromatic rings. The molecule has 0 spiro atoms. The first-order chi connectivity index (χ1) is 5.87. The van der Waals surface area contributed by atoms with E-state index >= 15 is 0 Å². The molecule has 0 amide bonds. The number of halogens is 1. The largest absolute Gasteiger partial charge is 0.394 e. The Balaban J connectivity index is 0. The van der Waals surface area contributed by atoms with Crippen LogP contribution in [0.1, 0.15) is 13.3 Å². The Morgan fingerprint density at radius 2 is 1.92 bits per heavy atom. The second-order valence-electron chi connectivity index (χ2n) is 2.22. The topological polar surface area (TPSA) is 94.8 Å². The maximum atomic E-state index is 10.9. The molecule has 0 aromatic heterocycles. The third kappa shape index (κ3) is 18.6. The van der Waals surface area contributed by atoms with Gasteiger partial charge in [-0.1, -0.05) is 6.92 Å². The molecule has 0 fully saturated rings. The Morgan fingerprint density at radius 3 is 1.92 bits per heavy atom. The smallest absolute Gasteiger partial charge is 0.267 e. The van der Waals surface area contributed by atoms with E-state index in [2.05, 4.69) is 0 Å². The van der Waals surface area contributed by atoms with Crippen molar-refractivity contribution < 1.29 is 27.6 Å². The lowest BCUT2D eigenvalue weighted by atomic mass is 10.3. The molecule has 3 N–H and O–H groups in total. The van der Waals surface area contributed by atoms with Gasteiger partial charge in [-0.15, -0.1) is 0 Å². The number of aliphatic hydroxyl groups is 2. The fourth-order valence-electron chi connectivity index (χ4n) is 0.227. The van der Waals surface area contributed by atoms with Gasteiger partial charge in [-0.3, -0.25) is 4.55 Å². The maximum Gasteiger partial charge on any atom is 0.267 e. The molecule has 0 rings (SSSR count). The number of aliphatic hydroxyl groups excluding tert-OH is 2. The van der Waals surface area contributed by atoms with Gasteiger partial charge in [-0.2, -0.15) is 8.42 Å². The summed E-state index contributed by atoms with van der Waals surface area (Å²) in [5.74, 6) is -0.799. The third-order valence-electron chi connectivity index (χ3n) is 1.02. The van der Waals surface area contributed by atoms with Crippen molar-refractivity contribution in [2.45, 2.75) is 19.4 Å². The van der Waals surface area contributed by atoms with E-state index in [1.165, 1.54) is 0 Å². The predicted octanol–water partition coefficient (Wildman–Crippen LogP) is -0.407. The maximum absolute atomic E-state index is 10.9. The first kappa shape index (κ1) is 15.2. The SMILES string of the molecule is CCC(O)CO.O=S(=O)(O)CCF. The Morgan fingerprint density at radius 1 is 1.46 bits per heavy atom. The normalized spacial score (nSPS) is 13.0. The van der Waals surface area contributed by atoms with Crippen LogP contribution in [0.15, 0.2) is 0 Å². The minimum absolute atomic E-state index is 0.115. The van der Waals surface area contributed by atoms with Crippen LogP contribution in [0.5, 0.6) is 0 Å². The Kier molecular flexibility index (Phi) is 9.80. The summed E-state index contributed by atoms with van der Waals surface area (Å²) in [5.41, 5.74) is 0. The minimum atomic E-state index is -4.05. The van der Waals surface area contributed by atoms with Gasteiger partial charge in [0.1, 0.15) is 12.4 Å². The van der Waals surface area contributed by atoms with E-state index in [9.17, 15) is 12.8 Å². The first-order valence-electron chi connectivity index (χ1n) is 3.67. The molecule has 82 valence electrons. The number of rotatable bonds is 4. The molecule has 0 aromatic carbocycles. The lowest BCUT2D eigenvalue weighted by molar-refractivity contribution is 0.0923. The van der Waals surface area contributed by atoms with Crippen molar-refractivity contribution in [3.05, 3.63) is 0 Å². The number of alkyl halides is 1. The molecule has 0 aliphatic heterocycles. The quantitative estimate of drug-likeness (QED) is 0.558. The van der Waals surface area contributed by atoms with Crippen LogP contribution in [0, 0.1) is 0 Å². The van der Waals surface area contributed by atoms with E-state index in [0.717, 1.165) is 0 Å². The van der Waals surface area contributed by atoms with Gasteiger partial charge in [0.25, 0.3) is 10.1 Å². The van der Waals surface area contributed by atoms with Crippen LogP contribution < -0.4 is 0 Å². The van der Waals surface area contributed by atoms with E-state index in [0.29, 0.717) is 6.42 Å². The summed E-state index contributed by atoms with van der Waals surface area (Å²) in [7, 11) is -4.05. The molecule has 0 aliphatic rings. The third-order valence-corrected chi connectivity index (χ3v) is 1.69. The van der Waals surface area contributed by atoms with Gasteiger partial charge in [0, 0.05) is 0 Å². The molecule has 1 unspecified atom stereocenters. The van der Waals surface area contributed by atoms with E-state index in [-0.39, 0.29) is 6.61 Å². The molecular formula is C6H15FO5S. The van der Waals surface area contributed by atoms with Crippen molar-refractivity contribution in [1.29, 1.82) is 0 Å². The van der Waals surface area contributed by atoms with Gasteiger partial charge in [-0.05, 0) is 6.42 Å². The van der Waals surface area contributed by atoms with Crippen LogP contribution in [0.3, 0.4) is 0 Å². The molecule has 13 heavy (non-hydrogen) atoms. The summed E-state index contributed by atoms with van der Waals surface area (Å²) in [6.45, 7) is 0.677. The molecule has 5 nitrogen and oxygen atoms in total. The molecule has 0 saturated carbocycles. The summed E-state index contributed by atoms with van der Waals surface area (Å²) in [6, 6.07) is 0. The summed E-state index contributed by atoms with van der Waals surface area (Å²) >= 11 is 0. The van der Waals surface area contributed by atoms with Crippen LogP contribution in [0.25, 0.3) is 0 Å². The molecule has 1 atom stereocenters. The van der Waals surface area contributed by atoms with Gasteiger partial charge in [0.2, 0.25) is 0 Å². The monoisotopic (exact) mass is 218 g/mol. The van der Waals surface area contributed by atoms with Crippen LogP contribution in [0.4, 0.5) is 4.39 Å². The highest BCUT2D eigenvalue weighted by Gasteiger charge is 2.00. The molecule has 0 heterocycles. The predicted molar refractivity (Wildman–Crippen MR) is 45.8 cm³/mol. The van der Waals surface area contributed by atoms with E-state index in [1.807, 2.05) is 6.92 Å². The van der Waals surface area contributed by atoms with Gasteiger partial charge in [0.15, 0.2) is 0 Å². The molecule has 0 bridgehead atoms. The second-order valence-corrected chi connectivity index (χ2v) is 3.79. The zero-order valence-corrected chi connectivity index (χ0v) is 8.17. The standard InChI is InChI=1S/C4H10O2.C2H5FO3S/c1-2-4(6)3-5;3-1-2-7(4,5)6/h4-6H,2-3H2,1H3;1-2H2,(H,4,5,6). The van der Waals surface area contributed by atoms with Crippen molar-refractivity contribution in [3.63, 3.8) is 0 Å². The molecule has 0 radical (unpaired) electrons. The molecule has 0 saturated heterocycles. The Labute approximate surface area is 77.0 Å². The lowest BCUT2D eigenvalue weighted by Crippen LogP contribution is -2.08. The highest BCUT2D eigenvalue weighted by Crippen LogP contribution is 1.83. The van der Waals surface area contributed by atoms with Crippen LogP contribution in [-0.2, 0) is 10.1 Å². The van der Waals surface area contributed by atoms with Crippen molar-refractivity contribution >= 4 is 10.1 Å². The summed E-state index contributed by atoms with van der Waals surface area (Å²) in [6.07, 6.45) is 0.126. The van der Waals surface area contributed by atoms with E-state index in [1.54, 1.807) is 0 Å². The van der Waals surface area contributed by atoms with Crippen LogP contribution in [-0.4, -0.2) is 48.3 Å². The van der Waals surface area contributed by atoms with Crippen molar-refractivity contribution in [3.8, 4) is 0 Å². The first-order valence-corrected chi connectivity index (χ1v) is 5.28. The second kappa shape index (κ2) is 8.36. The molecule has 0 aliphatic carbocycles. The summed E-state index contributed by atoms with van der Waals surface area (Å²) in [5, 5.41) is 16.5. The molecule has 7 heteroatoms. The van der Waals surface area contributed by atoms with E-state index in [4.69, 9.17) is 14.8 Å². The van der Waals surface area contributed by atoms with Gasteiger partial charge >= 0.3 is 0 Å². The highest BCUT2D eigenvalue weighted by molar-refractivity contribution is 7.85. The van der Waals surface area contributed by atoms with Gasteiger partial charge in [-0.25, -0.2) is 4.39 Å². The van der Waals surface area contributed by atoms with Crippen molar-refractivity contribution in [2.75, 3.05) is 19.0 Å². The Bertz CT molecular complexity index is 187. The highest BCUT2D eigenvalue weighted by atomic mass is 32.2. The van der Waals surface area contributed by atoms with Gasteiger partial charge in [0.05, 0.1) is 12.7 Å². The fraction of sp³-hybridized carbons (Fsp3) is 1.00. The van der Waals surface area contributed by atoms with E-state index < -0.39 is 28.6 Å². The van der Waals surface area contributed by atoms with Crippen molar-refractivity contribution in [2.24, 2.45) is 0 Å². The minimum Gasteiger partial charge on any atom is -0.394 e. The average Bonchev–Trinajstić information content (AvgIpc) is 2.02.